The van der Waals surface area contributed by atoms with E-state index in [1.165, 1.54) is 17.5 Å². The number of aryl methyl sites for hydroxylation is 1. The summed E-state index contributed by atoms with van der Waals surface area (Å²) in [6.07, 6.45) is 2.96. The zero-order valence-electron chi connectivity index (χ0n) is 10.8. The highest BCUT2D eigenvalue weighted by molar-refractivity contribution is 7.13. The van der Waals surface area contributed by atoms with Gasteiger partial charge in [-0.05, 0) is 12.3 Å². The average Bonchev–Trinajstić information content (AvgIpc) is 2.83. The number of thiazole rings is 1. The number of hydrogen-bond donors (Lipinski definition) is 2. The molecule has 0 bridgehead atoms. The Balaban J connectivity index is 2.75. The number of carbonyl (C=O) groups is 2. The van der Waals surface area contributed by atoms with Gasteiger partial charge >= 0.3 is 5.97 Å². The van der Waals surface area contributed by atoms with Crippen LogP contribution in [0.25, 0.3) is 0 Å². The van der Waals surface area contributed by atoms with Crippen molar-refractivity contribution in [3.05, 3.63) is 16.1 Å². The van der Waals surface area contributed by atoms with E-state index in [0.29, 0.717) is 11.3 Å². The molecular formula is C12H18N2O3S. The molecule has 1 aromatic heterocycles. The molecule has 2 atom stereocenters. The topological polar surface area (TPSA) is 79.3 Å². The first-order chi connectivity index (χ1) is 8.49. The number of rotatable bonds is 6. The van der Waals surface area contributed by atoms with Crippen LogP contribution < -0.4 is 5.32 Å². The molecule has 0 aliphatic carbocycles. The Morgan fingerprint density at radius 3 is 2.61 bits per heavy atom. The molecule has 18 heavy (non-hydrogen) atoms. The number of nitrogens with one attached hydrogen (secondary N) is 1. The van der Waals surface area contributed by atoms with Gasteiger partial charge in [-0.15, -0.1) is 11.3 Å². The molecule has 0 fully saturated rings. The van der Waals surface area contributed by atoms with E-state index in [1.807, 2.05) is 20.8 Å². The number of aromatic nitrogens is 1. The molecule has 6 heteroatoms. The lowest BCUT2D eigenvalue weighted by molar-refractivity contribution is -0.140. The van der Waals surface area contributed by atoms with Crippen LogP contribution in [0.2, 0.25) is 0 Å². The number of carbonyl (C=O) groups excluding carboxylic acids is 1. The van der Waals surface area contributed by atoms with Crippen molar-refractivity contribution in [2.75, 3.05) is 0 Å². The molecule has 0 saturated heterocycles. The van der Waals surface area contributed by atoms with Gasteiger partial charge in [0.05, 0.1) is 11.2 Å². The predicted molar refractivity (Wildman–Crippen MR) is 69.8 cm³/mol. The van der Waals surface area contributed by atoms with Crippen LogP contribution in [0.3, 0.4) is 0 Å². The minimum atomic E-state index is -1.00. The van der Waals surface area contributed by atoms with Crippen LogP contribution in [0, 0.1) is 5.92 Å². The van der Waals surface area contributed by atoms with E-state index in [9.17, 15) is 9.59 Å². The molecule has 0 aliphatic heterocycles. The van der Waals surface area contributed by atoms with E-state index in [0.717, 1.165) is 11.4 Å². The highest BCUT2D eigenvalue weighted by atomic mass is 32.1. The van der Waals surface area contributed by atoms with Gasteiger partial charge in [0.1, 0.15) is 10.9 Å². The van der Waals surface area contributed by atoms with Crippen molar-refractivity contribution in [3.63, 3.8) is 0 Å². The first-order valence-electron chi connectivity index (χ1n) is 5.97. The molecule has 100 valence electrons. The molecule has 0 aromatic carbocycles. The van der Waals surface area contributed by atoms with Crippen molar-refractivity contribution in [1.82, 2.24) is 10.3 Å². The molecule has 0 saturated carbocycles. The van der Waals surface area contributed by atoms with Gasteiger partial charge in [0.15, 0.2) is 0 Å². The number of carboxylic acid groups (broad SMARTS) is 1. The van der Waals surface area contributed by atoms with Crippen LogP contribution >= 0.6 is 11.3 Å². The SMILES string of the molecule is CCc1ncc(C(=O)N[C@H](C(=O)O)[C@@H](C)CC)s1. The van der Waals surface area contributed by atoms with Gasteiger partial charge < -0.3 is 10.4 Å². The highest BCUT2D eigenvalue weighted by Crippen LogP contribution is 2.15. The Kier molecular flexibility index (Phi) is 5.27. The molecule has 0 aliphatic rings. The summed E-state index contributed by atoms with van der Waals surface area (Å²) in [5.41, 5.74) is 0. The maximum absolute atomic E-state index is 11.9. The quantitative estimate of drug-likeness (QED) is 0.828. The fourth-order valence-corrected chi connectivity index (χ4v) is 2.23. The van der Waals surface area contributed by atoms with Crippen LogP contribution in [0.4, 0.5) is 0 Å². The van der Waals surface area contributed by atoms with Crippen LogP contribution in [0.5, 0.6) is 0 Å². The van der Waals surface area contributed by atoms with E-state index < -0.39 is 12.0 Å². The molecule has 0 spiro atoms. The Labute approximate surface area is 110 Å². The van der Waals surface area contributed by atoms with E-state index >= 15 is 0 Å². The van der Waals surface area contributed by atoms with E-state index in [2.05, 4.69) is 10.3 Å². The second kappa shape index (κ2) is 6.49. The third kappa shape index (κ3) is 3.53. The van der Waals surface area contributed by atoms with Gasteiger partial charge in [-0.3, -0.25) is 4.79 Å². The molecule has 1 amide bonds. The van der Waals surface area contributed by atoms with Crippen molar-refractivity contribution in [2.24, 2.45) is 5.92 Å². The number of hydrogen-bond acceptors (Lipinski definition) is 4. The maximum atomic E-state index is 11.9. The molecule has 0 unspecified atom stereocenters. The van der Waals surface area contributed by atoms with Crippen molar-refractivity contribution >= 4 is 23.2 Å². The normalized spacial score (nSPS) is 13.9. The summed E-state index contributed by atoms with van der Waals surface area (Å²) in [4.78, 5) is 27.5. The van der Waals surface area contributed by atoms with E-state index in [1.54, 1.807) is 0 Å². The summed E-state index contributed by atoms with van der Waals surface area (Å²) in [5.74, 6) is -1.47. The van der Waals surface area contributed by atoms with Crippen molar-refractivity contribution in [1.29, 1.82) is 0 Å². The molecule has 1 aromatic rings. The molecule has 2 N–H and O–H groups in total. The Morgan fingerprint density at radius 2 is 2.17 bits per heavy atom. The third-order valence-corrected chi connectivity index (χ3v) is 3.99. The van der Waals surface area contributed by atoms with E-state index in [4.69, 9.17) is 5.11 Å². The Hall–Kier alpha value is -1.43. The molecule has 1 heterocycles. The number of nitrogens with zero attached hydrogens (tertiary/aromatic N) is 1. The second-order valence-corrected chi connectivity index (χ2v) is 5.26. The maximum Gasteiger partial charge on any atom is 0.326 e. The lowest BCUT2D eigenvalue weighted by atomic mass is 9.99. The van der Waals surface area contributed by atoms with Gasteiger partial charge in [0, 0.05) is 0 Å². The van der Waals surface area contributed by atoms with Gasteiger partial charge in [0.2, 0.25) is 0 Å². The lowest BCUT2D eigenvalue weighted by Crippen LogP contribution is -2.44. The van der Waals surface area contributed by atoms with Crippen molar-refractivity contribution < 1.29 is 14.7 Å². The summed E-state index contributed by atoms with van der Waals surface area (Å²) in [7, 11) is 0. The lowest BCUT2D eigenvalue weighted by Gasteiger charge is -2.19. The highest BCUT2D eigenvalue weighted by Gasteiger charge is 2.26. The van der Waals surface area contributed by atoms with Crippen LogP contribution in [-0.2, 0) is 11.2 Å². The minimum Gasteiger partial charge on any atom is -0.480 e. The van der Waals surface area contributed by atoms with Gasteiger partial charge in [0.25, 0.3) is 5.91 Å². The first kappa shape index (κ1) is 14.6. The number of carboxylic acids is 1. The molecular weight excluding hydrogens is 252 g/mol. The van der Waals surface area contributed by atoms with Gasteiger partial charge in [-0.2, -0.15) is 0 Å². The van der Waals surface area contributed by atoms with Crippen molar-refractivity contribution in [3.8, 4) is 0 Å². The Morgan fingerprint density at radius 1 is 1.50 bits per heavy atom. The van der Waals surface area contributed by atoms with E-state index in [-0.39, 0.29) is 11.8 Å². The number of amides is 1. The third-order valence-electron chi connectivity index (χ3n) is 2.85. The van der Waals surface area contributed by atoms with Crippen LogP contribution in [0.1, 0.15) is 41.9 Å². The minimum absolute atomic E-state index is 0.106. The zero-order valence-corrected chi connectivity index (χ0v) is 11.6. The van der Waals surface area contributed by atoms with Gasteiger partial charge in [-0.25, -0.2) is 9.78 Å². The second-order valence-electron chi connectivity index (χ2n) is 4.15. The standard InChI is InChI=1S/C12H18N2O3S/c1-4-7(3)10(12(16)17)14-11(15)8-6-13-9(5-2)18-8/h6-7,10H,4-5H2,1-3H3,(H,14,15)(H,16,17)/t7-,10-/m0/s1. The molecule has 5 nitrogen and oxygen atoms in total. The van der Waals surface area contributed by atoms with Crippen molar-refractivity contribution in [2.45, 2.75) is 39.7 Å². The fraction of sp³-hybridized carbons (Fsp3) is 0.583. The summed E-state index contributed by atoms with van der Waals surface area (Å²) >= 11 is 1.30. The summed E-state index contributed by atoms with van der Waals surface area (Å²) in [5, 5.41) is 12.5. The average molecular weight is 270 g/mol. The smallest absolute Gasteiger partial charge is 0.326 e. The van der Waals surface area contributed by atoms with Crippen LogP contribution in [-0.4, -0.2) is 28.0 Å². The predicted octanol–water partition coefficient (Wildman–Crippen LogP) is 1.93. The number of aliphatic carboxylic acids is 1. The van der Waals surface area contributed by atoms with Crippen LogP contribution in [0.15, 0.2) is 6.20 Å². The monoisotopic (exact) mass is 270 g/mol. The molecule has 1 rings (SSSR count). The zero-order chi connectivity index (χ0) is 13.7. The first-order valence-corrected chi connectivity index (χ1v) is 6.79. The summed E-state index contributed by atoms with van der Waals surface area (Å²) in [6, 6.07) is -0.852. The van der Waals surface area contributed by atoms with Gasteiger partial charge in [-0.1, -0.05) is 27.2 Å². The largest absolute Gasteiger partial charge is 0.480 e. The fourth-order valence-electron chi connectivity index (χ4n) is 1.47. The summed E-state index contributed by atoms with van der Waals surface area (Å²) < 4.78 is 0. The molecule has 0 radical (unpaired) electrons. The summed E-state index contributed by atoms with van der Waals surface area (Å²) in [6.45, 7) is 5.66. The Bertz CT molecular complexity index is 431.